The standard InChI is InChI=1S/C72H128O6/c1-4-7-10-13-16-19-22-25-28-30-32-34-36-38-39-41-44-47-50-53-56-59-62-65-71(74)77-68-69(67-76-70(73)64-61-58-55-52-49-46-43-27-24-21-18-15-12-9-6-3)78-72(75)66-63-60-57-54-51-48-45-42-40-37-35-33-31-29-26-23-20-17-14-11-8-5-2/h7,10,16,19,25,27-28,32,34,38-39,43,69H,4-6,8-9,11-15,17-18,20-24,26,29-31,33,35-37,40-42,44-68H2,1-3H3/b10-7-,19-16-,28-25-,34-32-,39-38-,43-27-. The fraction of sp³-hybridized carbons (Fsp3) is 0.792. The van der Waals surface area contributed by atoms with E-state index in [9.17, 15) is 14.4 Å². The van der Waals surface area contributed by atoms with Gasteiger partial charge in [0.25, 0.3) is 0 Å². The van der Waals surface area contributed by atoms with Gasteiger partial charge in [0.1, 0.15) is 13.2 Å². The second-order valence-electron chi connectivity index (χ2n) is 22.7. The summed E-state index contributed by atoms with van der Waals surface area (Å²) in [7, 11) is 0. The van der Waals surface area contributed by atoms with Crippen molar-refractivity contribution in [3.63, 3.8) is 0 Å². The van der Waals surface area contributed by atoms with E-state index in [1.165, 1.54) is 205 Å². The van der Waals surface area contributed by atoms with Gasteiger partial charge in [0.2, 0.25) is 0 Å². The molecule has 0 rings (SSSR count). The molecule has 6 nitrogen and oxygen atoms in total. The van der Waals surface area contributed by atoms with Crippen LogP contribution in [0.25, 0.3) is 0 Å². The van der Waals surface area contributed by atoms with Crippen molar-refractivity contribution in [3.8, 4) is 0 Å². The molecule has 0 spiro atoms. The van der Waals surface area contributed by atoms with Crippen molar-refractivity contribution in [1.82, 2.24) is 0 Å². The number of esters is 3. The van der Waals surface area contributed by atoms with Gasteiger partial charge in [-0.05, 0) is 89.9 Å². The molecule has 1 unspecified atom stereocenters. The third-order valence-corrected chi connectivity index (χ3v) is 14.9. The first kappa shape index (κ1) is 74.8. The van der Waals surface area contributed by atoms with Gasteiger partial charge in [0, 0.05) is 19.3 Å². The topological polar surface area (TPSA) is 78.9 Å². The zero-order chi connectivity index (χ0) is 56.4. The Balaban J connectivity index is 4.35. The lowest BCUT2D eigenvalue weighted by Gasteiger charge is -2.18. The molecule has 0 heterocycles. The van der Waals surface area contributed by atoms with E-state index in [0.29, 0.717) is 19.3 Å². The molecule has 1 atom stereocenters. The summed E-state index contributed by atoms with van der Waals surface area (Å²) in [5, 5.41) is 0. The van der Waals surface area contributed by atoms with E-state index in [1.807, 2.05) is 0 Å². The highest BCUT2D eigenvalue weighted by Crippen LogP contribution is 2.18. The van der Waals surface area contributed by atoms with Gasteiger partial charge in [-0.3, -0.25) is 14.4 Å². The predicted molar refractivity (Wildman–Crippen MR) is 339 cm³/mol. The van der Waals surface area contributed by atoms with Crippen molar-refractivity contribution < 1.29 is 28.6 Å². The average molecular weight is 1090 g/mol. The monoisotopic (exact) mass is 1090 g/mol. The molecule has 0 aromatic carbocycles. The highest BCUT2D eigenvalue weighted by Gasteiger charge is 2.19. The van der Waals surface area contributed by atoms with Gasteiger partial charge in [-0.25, -0.2) is 0 Å². The van der Waals surface area contributed by atoms with Crippen molar-refractivity contribution >= 4 is 17.9 Å². The lowest BCUT2D eigenvalue weighted by atomic mass is 10.0. The number of carbonyl (C=O) groups is 3. The van der Waals surface area contributed by atoms with E-state index in [1.54, 1.807) is 0 Å². The predicted octanol–water partition coefficient (Wildman–Crippen LogP) is 23.3. The van der Waals surface area contributed by atoms with Crippen molar-refractivity contribution in [1.29, 1.82) is 0 Å². The molecule has 0 aliphatic rings. The minimum Gasteiger partial charge on any atom is -0.462 e. The molecule has 0 saturated heterocycles. The molecule has 0 aliphatic carbocycles. The fourth-order valence-corrected chi connectivity index (χ4v) is 9.88. The summed E-state index contributed by atoms with van der Waals surface area (Å²) >= 11 is 0. The quantitative estimate of drug-likeness (QED) is 0.0261. The smallest absolute Gasteiger partial charge is 0.306 e. The Kier molecular flexibility index (Phi) is 63.7. The van der Waals surface area contributed by atoms with Gasteiger partial charge in [0.05, 0.1) is 0 Å². The minimum atomic E-state index is -0.783. The lowest BCUT2D eigenvalue weighted by Crippen LogP contribution is -2.30. The molecule has 0 aromatic heterocycles. The Morgan fingerprint density at radius 1 is 0.269 bits per heavy atom. The third-order valence-electron chi connectivity index (χ3n) is 14.9. The molecule has 0 aliphatic heterocycles. The third kappa shape index (κ3) is 63.7. The maximum Gasteiger partial charge on any atom is 0.306 e. The van der Waals surface area contributed by atoms with Crippen LogP contribution < -0.4 is 0 Å². The number of hydrogen-bond acceptors (Lipinski definition) is 6. The molecule has 78 heavy (non-hydrogen) atoms. The van der Waals surface area contributed by atoms with Crippen LogP contribution >= 0.6 is 0 Å². The van der Waals surface area contributed by atoms with Gasteiger partial charge in [0.15, 0.2) is 6.10 Å². The van der Waals surface area contributed by atoms with Crippen LogP contribution in [0.5, 0.6) is 0 Å². The highest BCUT2D eigenvalue weighted by molar-refractivity contribution is 5.71. The molecule has 0 aromatic rings. The Hall–Kier alpha value is -3.15. The number of rotatable bonds is 62. The van der Waals surface area contributed by atoms with Crippen LogP contribution in [0.3, 0.4) is 0 Å². The molecular formula is C72H128O6. The summed E-state index contributed by atoms with van der Waals surface area (Å²) in [5.74, 6) is -0.878. The Labute approximate surface area is 484 Å². The van der Waals surface area contributed by atoms with E-state index in [-0.39, 0.29) is 31.1 Å². The zero-order valence-corrected chi connectivity index (χ0v) is 51.9. The second-order valence-corrected chi connectivity index (χ2v) is 22.7. The highest BCUT2D eigenvalue weighted by atomic mass is 16.6. The van der Waals surface area contributed by atoms with Crippen molar-refractivity contribution in [2.75, 3.05) is 13.2 Å². The first-order valence-corrected chi connectivity index (χ1v) is 33.9. The van der Waals surface area contributed by atoms with Crippen molar-refractivity contribution in [3.05, 3.63) is 72.9 Å². The average Bonchev–Trinajstić information content (AvgIpc) is 3.44. The Morgan fingerprint density at radius 2 is 0.500 bits per heavy atom. The zero-order valence-electron chi connectivity index (χ0n) is 51.9. The molecule has 6 heteroatoms. The summed E-state index contributed by atoms with van der Waals surface area (Å²) in [6, 6.07) is 0. The van der Waals surface area contributed by atoms with Gasteiger partial charge in [-0.15, -0.1) is 0 Å². The summed E-state index contributed by atoms with van der Waals surface area (Å²) in [4.78, 5) is 38.4. The SMILES string of the molecule is CC/C=C\C/C=C\C/C=C\C/C=C\C/C=C\CCCCCCCCCC(=O)OCC(COC(=O)CCCCCCC/C=C\CCCCCCCC)OC(=O)CCCCCCCCCCCCCCCCCCCCCCCC. The number of hydrogen-bond donors (Lipinski definition) is 0. The van der Waals surface area contributed by atoms with Gasteiger partial charge >= 0.3 is 17.9 Å². The van der Waals surface area contributed by atoms with Crippen LogP contribution in [0.2, 0.25) is 0 Å². The molecule has 0 bridgehead atoms. The molecule has 452 valence electrons. The molecule has 0 saturated carbocycles. The number of carbonyl (C=O) groups excluding carboxylic acids is 3. The van der Waals surface area contributed by atoms with Gasteiger partial charge in [-0.1, -0.05) is 312 Å². The maximum atomic E-state index is 12.9. The van der Waals surface area contributed by atoms with E-state index >= 15 is 0 Å². The Bertz CT molecular complexity index is 1440. The van der Waals surface area contributed by atoms with Crippen LogP contribution in [0.15, 0.2) is 72.9 Å². The summed E-state index contributed by atoms with van der Waals surface area (Å²) in [6.45, 7) is 6.56. The number of ether oxygens (including phenoxy) is 3. The van der Waals surface area contributed by atoms with E-state index in [2.05, 4.69) is 93.7 Å². The van der Waals surface area contributed by atoms with Crippen LogP contribution in [-0.4, -0.2) is 37.2 Å². The summed E-state index contributed by atoms with van der Waals surface area (Å²) in [6.07, 6.45) is 86.3. The summed E-state index contributed by atoms with van der Waals surface area (Å²) < 4.78 is 17.0. The van der Waals surface area contributed by atoms with E-state index in [0.717, 1.165) is 103 Å². The normalized spacial score (nSPS) is 12.5. The van der Waals surface area contributed by atoms with Crippen LogP contribution in [0.1, 0.15) is 348 Å². The first-order chi connectivity index (χ1) is 38.5. The minimum absolute atomic E-state index is 0.0800. The van der Waals surface area contributed by atoms with Crippen molar-refractivity contribution in [2.24, 2.45) is 0 Å². The molecule has 0 amide bonds. The molecule has 0 radical (unpaired) electrons. The fourth-order valence-electron chi connectivity index (χ4n) is 9.88. The van der Waals surface area contributed by atoms with E-state index in [4.69, 9.17) is 14.2 Å². The maximum absolute atomic E-state index is 12.9. The second kappa shape index (κ2) is 66.4. The van der Waals surface area contributed by atoms with Crippen LogP contribution in [0, 0.1) is 0 Å². The molecule has 0 fully saturated rings. The van der Waals surface area contributed by atoms with E-state index < -0.39 is 6.10 Å². The Morgan fingerprint density at radius 3 is 0.795 bits per heavy atom. The summed E-state index contributed by atoms with van der Waals surface area (Å²) in [5.41, 5.74) is 0. The first-order valence-electron chi connectivity index (χ1n) is 33.9. The van der Waals surface area contributed by atoms with Crippen LogP contribution in [-0.2, 0) is 28.6 Å². The molecule has 0 N–H and O–H groups in total. The van der Waals surface area contributed by atoms with Crippen LogP contribution in [0.4, 0.5) is 0 Å². The largest absolute Gasteiger partial charge is 0.462 e. The molecular weight excluding hydrogens is 961 g/mol. The number of unbranched alkanes of at least 4 members (excludes halogenated alkanes) is 39. The van der Waals surface area contributed by atoms with Gasteiger partial charge < -0.3 is 14.2 Å². The van der Waals surface area contributed by atoms with Gasteiger partial charge in [-0.2, -0.15) is 0 Å². The van der Waals surface area contributed by atoms with Crippen molar-refractivity contribution in [2.45, 2.75) is 354 Å². The lowest BCUT2D eigenvalue weighted by molar-refractivity contribution is -0.167. The number of allylic oxidation sites excluding steroid dienone is 12.